The fourth-order valence-corrected chi connectivity index (χ4v) is 4.23. The van der Waals surface area contributed by atoms with Crippen LogP contribution in [0.2, 0.25) is 0 Å². The number of methoxy groups -OCH3 is 1. The second-order valence-corrected chi connectivity index (χ2v) is 8.28. The minimum Gasteiger partial charge on any atom is -0.386 e. The number of piperazine rings is 1. The van der Waals surface area contributed by atoms with Gasteiger partial charge in [0, 0.05) is 58.0 Å². The van der Waals surface area contributed by atoms with Crippen molar-refractivity contribution in [2.24, 2.45) is 0 Å². The molecule has 1 amide bonds. The average molecular weight is 406 g/mol. The molecule has 3 rings (SSSR count). The molecule has 0 bridgehead atoms. The molecule has 2 fully saturated rings. The van der Waals surface area contributed by atoms with Crippen LogP contribution in [0.1, 0.15) is 25.3 Å². The summed E-state index contributed by atoms with van der Waals surface area (Å²) in [4.78, 5) is 19.1. The van der Waals surface area contributed by atoms with E-state index in [1.54, 1.807) is 7.11 Å². The summed E-state index contributed by atoms with van der Waals surface area (Å²) < 4.78 is 10.9. The van der Waals surface area contributed by atoms with Crippen LogP contribution in [0.5, 0.6) is 0 Å². The molecule has 0 radical (unpaired) electrons. The van der Waals surface area contributed by atoms with Crippen LogP contribution in [0.25, 0.3) is 0 Å². The summed E-state index contributed by atoms with van der Waals surface area (Å²) in [5.74, 6) is 0.179. The Morgan fingerprint density at radius 1 is 1.24 bits per heavy atom. The smallest absolute Gasteiger partial charge is 0.223 e. The van der Waals surface area contributed by atoms with E-state index in [1.807, 2.05) is 18.9 Å². The van der Waals surface area contributed by atoms with Gasteiger partial charge in [0.2, 0.25) is 5.91 Å². The number of aliphatic hydroxyl groups excluding tert-OH is 1. The number of benzene rings is 1. The van der Waals surface area contributed by atoms with Gasteiger partial charge in [-0.15, -0.1) is 0 Å². The van der Waals surface area contributed by atoms with E-state index >= 15 is 0 Å². The molecule has 7 heteroatoms. The van der Waals surface area contributed by atoms with Gasteiger partial charge >= 0.3 is 0 Å². The molecule has 1 unspecified atom stereocenters. The molecule has 0 aromatic heterocycles. The van der Waals surface area contributed by atoms with E-state index in [1.165, 1.54) is 11.3 Å². The molecule has 2 aliphatic rings. The van der Waals surface area contributed by atoms with E-state index in [9.17, 15) is 9.90 Å². The maximum atomic E-state index is 12.7. The summed E-state index contributed by atoms with van der Waals surface area (Å²) in [6.07, 6.45) is -0.134. The van der Waals surface area contributed by atoms with E-state index < -0.39 is 12.4 Å². The minimum atomic E-state index is -0.714. The van der Waals surface area contributed by atoms with Crippen LogP contribution >= 0.6 is 0 Å². The molecule has 0 spiro atoms. The number of ether oxygens (including phenoxy) is 2. The van der Waals surface area contributed by atoms with Gasteiger partial charge in [0.1, 0.15) is 6.10 Å². The van der Waals surface area contributed by atoms with Gasteiger partial charge in [-0.05, 0) is 39.4 Å². The summed E-state index contributed by atoms with van der Waals surface area (Å²) >= 11 is 0. The highest BCUT2D eigenvalue weighted by Crippen LogP contribution is 2.24. The predicted octanol–water partition coefficient (Wildman–Crippen LogP) is 1.48. The van der Waals surface area contributed by atoms with E-state index in [0.717, 1.165) is 32.6 Å². The molecule has 4 atom stereocenters. The maximum absolute atomic E-state index is 12.7. The quantitative estimate of drug-likeness (QED) is 0.773. The monoisotopic (exact) mass is 405 g/mol. The first kappa shape index (κ1) is 22.0. The second kappa shape index (κ2) is 9.89. The topological polar surface area (TPSA) is 65.5 Å². The maximum Gasteiger partial charge on any atom is 0.223 e. The molecule has 29 heavy (non-hydrogen) atoms. The summed E-state index contributed by atoms with van der Waals surface area (Å²) in [5.41, 5.74) is 2.48. The molecule has 0 aliphatic carbocycles. The zero-order valence-electron chi connectivity index (χ0n) is 18.1. The third-order valence-electron chi connectivity index (χ3n) is 6.12. The lowest BCUT2D eigenvalue weighted by molar-refractivity contribution is -0.243. The standard InChI is InChI=1S/C22H35N3O4/c1-16-5-7-18(8-6-16)24-11-13-25(14-12-24)20(26)9-10-23(3)19-15-17(2)29-22(28-4)21(19)27/h5-8,17,19,21-22,27H,9-15H2,1-4H3/t17-,19+,21-,22?/m1/s1. The van der Waals surface area contributed by atoms with Crippen molar-refractivity contribution in [2.75, 3.05) is 51.8 Å². The number of likely N-dealkylation sites (N-methyl/N-ethyl adjacent to an activating group) is 1. The Balaban J connectivity index is 1.45. The van der Waals surface area contributed by atoms with Crippen molar-refractivity contribution in [3.05, 3.63) is 29.8 Å². The van der Waals surface area contributed by atoms with Crippen LogP contribution in [0.15, 0.2) is 24.3 Å². The highest BCUT2D eigenvalue weighted by molar-refractivity contribution is 5.76. The number of hydrogen-bond donors (Lipinski definition) is 1. The number of carbonyl (C=O) groups excluding carboxylic acids is 1. The van der Waals surface area contributed by atoms with Gasteiger partial charge < -0.3 is 29.3 Å². The van der Waals surface area contributed by atoms with Crippen molar-refractivity contribution in [2.45, 2.75) is 51.2 Å². The predicted molar refractivity (Wildman–Crippen MR) is 113 cm³/mol. The largest absolute Gasteiger partial charge is 0.386 e. The minimum absolute atomic E-state index is 0.0151. The third-order valence-corrected chi connectivity index (χ3v) is 6.12. The number of anilines is 1. The van der Waals surface area contributed by atoms with Gasteiger partial charge in [0.15, 0.2) is 6.29 Å². The summed E-state index contributed by atoms with van der Waals surface area (Å²) in [7, 11) is 3.50. The number of aryl methyl sites for hydroxylation is 1. The molecule has 1 aromatic carbocycles. The Kier molecular flexibility index (Phi) is 7.51. The lowest BCUT2D eigenvalue weighted by Crippen LogP contribution is -2.55. The molecule has 7 nitrogen and oxygen atoms in total. The number of rotatable bonds is 6. The number of carbonyl (C=O) groups is 1. The van der Waals surface area contributed by atoms with E-state index in [4.69, 9.17) is 9.47 Å². The van der Waals surface area contributed by atoms with Gasteiger partial charge in [-0.1, -0.05) is 17.7 Å². The van der Waals surface area contributed by atoms with Crippen LogP contribution in [0.4, 0.5) is 5.69 Å². The molecular formula is C22H35N3O4. The first-order chi connectivity index (χ1) is 13.9. The fraction of sp³-hybridized carbons (Fsp3) is 0.682. The van der Waals surface area contributed by atoms with Crippen LogP contribution in [-0.2, 0) is 14.3 Å². The zero-order chi connectivity index (χ0) is 21.0. The lowest BCUT2D eigenvalue weighted by atomic mass is 9.98. The van der Waals surface area contributed by atoms with Gasteiger partial charge in [-0.2, -0.15) is 0 Å². The Morgan fingerprint density at radius 2 is 1.90 bits per heavy atom. The van der Waals surface area contributed by atoms with Crippen molar-refractivity contribution in [3.8, 4) is 0 Å². The number of nitrogens with zero attached hydrogens (tertiary/aromatic N) is 3. The molecule has 1 aromatic rings. The van der Waals surface area contributed by atoms with Crippen LogP contribution in [0, 0.1) is 6.92 Å². The number of hydrogen-bond acceptors (Lipinski definition) is 6. The number of amides is 1. The zero-order valence-corrected chi connectivity index (χ0v) is 18.1. The first-order valence-corrected chi connectivity index (χ1v) is 10.5. The van der Waals surface area contributed by atoms with Gasteiger partial charge in [0.05, 0.1) is 6.10 Å². The second-order valence-electron chi connectivity index (χ2n) is 8.28. The normalized spacial score (nSPS) is 28.1. The molecule has 162 valence electrons. The molecule has 2 heterocycles. The highest BCUT2D eigenvalue weighted by atomic mass is 16.7. The first-order valence-electron chi connectivity index (χ1n) is 10.5. The van der Waals surface area contributed by atoms with Crippen molar-refractivity contribution in [1.29, 1.82) is 0 Å². The molecular weight excluding hydrogens is 370 g/mol. The average Bonchev–Trinajstić information content (AvgIpc) is 2.73. The summed E-state index contributed by atoms with van der Waals surface area (Å²) in [5, 5.41) is 10.5. The third kappa shape index (κ3) is 5.48. The highest BCUT2D eigenvalue weighted by Gasteiger charge is 2.38. The Bertz CT molecular complexity index is 661. The van der Waals surface area contributed by atoms with Crippen molar-refractivity contribution >= 4 is 11.6 Å². The van der Waals surface area contributed by atoms with Crippen molar-refractivity contribution in [1.82, 2.24) is 9.80 Å². The molecule has 2 saturated heterocycles. The molecule has 0 saturated carbocycles. The van der Waals surface area contributed by atoms with E-state index in [2.05, 4.69) is 41.0 Å². The Labute approximate surface area is 174 Å². The van der Waals surface area contributed by atoms with Gasteiger partial charge in [0.25, 0.3) is 0 Å². The van der Waals surface area contributed by atoms with Crippen molar-refractivity contribution < 1.29 is 19.4 Å². The van der Waals surface area contributed by atoms with Crippen LogP contribution in [-0.4, -0.2) is 92.2 Å². The number of aliphatic hydroxyl groups is 1. The van der Waals surface area contributed by atoms with E-state index in [0.29, 0.717) is 13.0 Å². The lowest BCUT2D eigenvalue weighted by Gasteiger charge is -2.42. The van der Waals surface area contributed by atoms with Gasteiger partial charge in [-0.25, -0.2) is 0 Å². The van der Waals surface area contributed by atoms with Crippen molar-refractivity contribution in [3.63, 3.8) is 0 Å². The van der Waals surface area contributed by atoms with Gasteiger partial charge in [-0.3, -0.25) is 4.79 Å². The Morgan fingerprint density at radius 3 is 2.52 bits per heavy atom. The Hall–Kier alpha value is -1.67. The van der Waals surface area contributed by atoms with Crippen LogP contribution in [0.3, 0.4) is 0 Å². The molecule has 2 aliphatic heterocycles. The fourth-order valence-electron chi connectivity index (χ4n) is 4.23. The SMILES string of the molecule is COC1O[C@H](C)C[C@H](N(C)CCC(=O)N2CCN(c3ccc(C)cc3)CC2)[C@H]1O. The molecule has 1 N–H and O–H groups in total. The van der Waals surface area contributed by atoms with E-state index in [-0.39, 0.29) is 18.1 Å². The van der Waals surface area contributed by atoms with Crippen LogP contribution < -0.4 is 4.90 Å². The summed E-state index contributed by atoms with van der Waals surface area (Å²) in [6, 6.07) is 8.48. The summed E-state index contributed by atoms with van der Waals surface area (Å²) in [6.45, 7) is 7.90.